The summed E-state index contributed by atoms with van der Waals surface area (Å²) in [6.07, 6.45) is 1.86. The van der Waals surface area contributed by atoms with Crippen LogP contribution in [-0.4, -0.2) is 61.8 Å². The van der Waals surface area contributed by atoms with Crippen LogP contribution in [0.3, 0.4) is 0 Å². The Balaban J connectivity index is 1.58. The van der Waals surface area contributed by atoms with Crippen LogP contribution in [0.1, 0.15) is 19.5 Å². The van der Waals surface area contributed by atoms with Crippen LogP contribution in [0.2, 0.25) is 0 Å². The first-order valence-corrected chi connectivity index (χ1v) is 9.78. The number of nitrogens with zero attached hydrogens (tertiary/aromatic N) is 3. The lowest BCUT2D eigenvalue weighted by Gasteiger charge is -2.37. The van der Waals surface area contributed by atoms with E-state index in [4.69, 9.17) is 4.74 Å². The fourth-order valence-electron chi connectivity index (χ4n) is 3.61. The lowest BCUT2D eigenvalue weighted by Crippen LogP contribution is -2.52. The van der Waals surface area contributed by atoms with Gasteiger partial charge in [-0.25, -0.2) is 0 Å². The maximum Gasteiger partial charge on any atom is 0.191 e. The van der Waals surface area contributed by atoms with Crippen molar-refractivity contribution >= 4 is 16.7 Å². The highest BCUT2D eigenvalue weighted by molar-refractivity contribution is 5.85. The van der Waals surface area contributed by atoms with E-state index in [2.05, 4.69) is 63.6 Å². The van der Waals surface area contributed by atoms with Gasteiger partial charge < -0.3 is 15.4 Å². The fourth-order valence-corrected chi connectivity index (χ4v) is 3.61. The van der Waals surface area contributed by atoms with Crippen LogP contribution in [0.15, 0.2) is 41.5 Å². The van der Waals surface area contributed by atoms with Gasteiger partial charge in [-0.05, 0) is 17.4 Å². The zero-order valence-corrected chi connectivity index (χ0v) is 16.6. The Bertz CT molecular complexity index is 750. The summed E-state index contributed by atoms with van der Waals surface area (Å²) in [6.45, 7) is 9.69. The van der Waals surface area contributed by atoms with Crippen LogP contribution in [0.4, 0.5) is 0 Å². The van der Waals surface area contributed by atoms with Gasteiger partial charge in [-0.1, -0.05) is 38.1 Å². The van der Waals surface area contributed by atoms with E-state index in [1.807, 2.05) is 19.3 Å². The highest BCUT2D eigenvalue weighted by atomic mass is 16.5. The van der Waals surface area contributed by atoms with Crippen molar-refractivity contribution in [3.63, 3.8) is 0 Å². The topological polar surface area (TPSA) is 61.8 Å². The maximum absolute atomic E-state index is 5.49. The van der Waals surface area contributed by atoms with Crippen molar-refractivity contribution in [1.29, 1.82) is 0 Å². The minimum absolute atomic E-state index is 0.461. The van der Waals surface area contributed by atoms with Crippen LogP contribution >= 0.6 is 0 Å². The summed E-state index contributed by atoms with van der Waals surface area (Å²) < 4.78 is 5.49. The smallest absolute Gasteiger partial charge is 0.191 e. The van der Waals surface area contributed by atoms with E-state index in [1.54, 1.807) is 0 Å². The molecule has 1 fully saturated rings. The van der Waals surface area contributed by atoms with E-state index in [1.165, 1.54) is 10.8 Å². The van der Waals surface area contributed by atoms with Gasteiger partial charge in [0, 0.05) is 44.3 Å². The van der Waals surface area contributed by atoms with Gasteiger partial charge in [-0.15, -0.1) is 0 Å². The molecule has 1 aliphatic heterocycles. The number of aromatic nitrogens is 1. The molecule has 0 amide bonds. The molecule has 6 heteroatoms. The molecule has 0 radical (unpaired) electrons. The van der Waals surface area contributed by atoms with E-state index < -0.39 is 0 Å². The molecule has 1 atom stereocenters. The number of rotatable bonds is 6. The fraction of sp³-hybridized carbons (Fsp3) is 0.524. The number of pyridine rings is 1. The minimum atomic E-state index is 0.461. The van der Waals surface area contributed by atoms with Crippen molar-refractivity contribution < 1.29 is 4.74 Å². The summed E-state index contributed by atoms with van der Waals surface area (Å²) in [5.41, 5.74) is 1.03. The highest BCUT2D eigenvalue weighted by Crippen LogP contribution is 2.16. The largest absolute Gasteiger partial charge is 0.379 e. The van der Waals surface area contributed by atoms with Gasteiger partial charge in [-0.2, -0.15) is 0 Å². The van der Waals surface area contributed by atoms with Crippen molar-refractivity contribution in [3.8, 4) is 0 Å². The average molecular weight is 370 g/mol. The molecule has 2 aromatic rings. The normalized spacial score (nSPS) is 17.3. The van der Waals surface area contributed by atoms with Gasteiger partial charge in [0.2, 0.25) is 0 Å². The highest BCUT2D eigenvalue weighted by Gasteiger charge is 2.23. The molecule has 1 aromatic heterocycles. The van der Waals surface area contributed by atoms with E-state index in [9.17, 15) is 0 Å². The standard InChI is InChI=1S/C21H31N5O/c1-16(2)20(26-10-12-27-13-11-26)15-25-21(22-3)24-14-19-18-7-5-4-6-17(18)8-9-23-19/h4-9,16,20H,10-15H2,1-3H3,(H2,22,24,25). The molecule has 0 bridgehead atoms. The Morgan fingerprint density at radius 1 is 1.19 bits per heavy atom. The number of ether oxygens (including phenoxy) is 1. The summed E-state index contributed by atoms with van der Waals surface area (Å²) in [6, 6.07) is 10.8. The Hall–Kier alpha value is -2.18. The number of fused-ring (bicyclic) bond motifs is 1. The lowest BCUT2D eigenvalue weighted by molar-refractivity contribution is 0.00752. The van der Waals surface area contributed by atoms with E-state index in [0.717, 1.165) is 44.5 Å². The summed E-state index contributed by atoms with van der Waals surface area (Å²) in [4.78, 5) is 11.4. The first-order chi connectivity index (χ1) is 13.2. The zero-order chi connectivity index (χ0) is 19.1. The number of hydrogen-bond donors (Lipinski definition) is 2. The summed E-state index contributed by atoms with van der Waals surface area (Å²) in [5, 5.41) is 9.29. The van der Waals surface area contributed by atoms with Gasteiger partial charge in [-0.3, -0.25) is 14.9 Å². The molecule has 0 saturated carbocycles. The molecule has 27 heavy (non-hydrogen) atoms. The molecular formula is C21H31N5O. The molecule has 1 aromatic carbocycles. The molecule has 2 N–H and O–H groups in total. The van der Waals surface area contributed by atoms with Crippen LogP contribution < -0.4 is 10.6 Å². The molecule has 2 heterocycles. The molecule has 6 nitrogen and oxygen atoms in total. The molecule has 0 spiro atoms. The molecule has 3 rings (SSSR count). The van der Waals surface area contributed by atoms with E-state index in [-0.39, 0.29) is 0 Å². The molecule has 1 saturated heterocycles. The van der Waals surface area contributed by atoms with Crippen LogP contribution in [0.5, 0.6) is 0 Å². The average Bonchev–Trinajstić information content (AvgIpc) is 2.71. The second-order valence-corrected chi connectivity index (χ2v) is 7.25. The molecule has 146 valence electrons. The summed E-state index contributed by atoms with van der Waals surface area (Å²) in [5.74, 6) is 1.37. The number of nitrogens with one attached hydrogen (secondary N) is 2. The lowest BCUT2D eigenvalue weighted by atomic mass is 10.0. The van der Waals surface area contributed by atoms with Gasteiger partial charge >= 0.3 is 0 Å². The van der Waals surface area contributed by atoms with E-state index >= 15 is 0 Å². The predicted molar refractivity (Wildman–Crippen MR) is 111 cm³/mol. The van der Waals surface area contributed by atoms with Crippen molar-refractivity contribution in [2.45, 2.75) is 26.4 Å². The van der Waals surface area contributed by atoms with Gasteiger partial charge in [0.05, 0.1) is 25.5 Å². The van der Waals surface area contributed by atoms with Crippen molar-refractivity contribution in [2.24, 2.45) is 10.9 Å². The Kier molecular flexibility index (Phi) is 7.01. The third-order valence-corrected chi connectivity index (χ3v) is 5.17. The first-order valence-electron chi connectivity index (χ1n) is 9.78. The quantitative estimate of drug-likeness (QED) is 0.604. The third kappa shape index (κ3) is 5.17. The molecule has 1 aliphatic rings. The second kappa shape index (κ2) is 9.67. The Morgan fingerprint density at radius 3 is 2.70 bits per heavy atom. The molecule has 1 unspecified atom stereocenters. The molecule has 0 aliphatic carbocycles. The molecular weight excluding hydrogens is 338 g/mol. The van der Waals surface area contributed by atoms with Crippen LogP contribution in [0, 0.1) is 5.92 Å². The maximum atomic E-state index is 5.49. The van der Waals surface area contributed by atoms with Crippen molar-refractivity contribution in [1.82, 2.24) is 20.5 Å². The van der Waals surface area contributed by atoms with Gasteiger partial charge in [0.1, 0.15) is 0 Å². The van der Waals surface area contributed by atoms with Gasteiger partial charge in [0.25, 0.3) is 0 Å². The van der Waals surface area contributed by atoms with Gasteiger partial charge in [0.15, 0.2) is 5.96 Å². The predicted octanol–water partition coefficient (Wildman–Crippen LogP) is 2.26. The third-order valence-electron chi connectivity index (χ3n) is 5.17. The van der Waals surface area contributed by atoms with Crippen LogP contribution in [-0.2, 0) is 11.3 Å². The van der Waals surface area contributed by atoms with Crippen LogP contribution in [0.25, 0.3) is 10.8 Å². The Labute approximate surface area is 162 Å². The first kappa shape index (κ1) is 19.6. The minimum Gasteiger partial charge on any atom is -0.379 e. The number of benzene rings is 1. The Morgan fingerprint density at radius 2 is 1.96 bits per heavy atom. The van der Waals surface area contributed by atoms with Crippen molar-refractivity contribution in [2.75, 3.05) is 39.9 Å². The number of hydrogen-bond acceptors (Lipinski definition) is 4. The zero-order valence-electron chi connectivity index (χ0n) is 16.6. The summed E-state index contributed by atoms with van der Waals surface area (Å²) in [7, 11) is 1.81. The monoisotopic (exact) mass is 369 g/mol. The number of morpholine rings is 1. The van der Waals surface area contributed by atoms with Crippen molar-refractivity contribution in [3.05, 3.63) is 42.2 Å². The number of aliphatic imine (C=N–C) groups is 1. The number of guanidine groups is 1. The van der Waals surface area contributed by atoms with E-state index in [0.29, 0.717) is 18.5 Å². The SMILES string of the molecule is CN=C(NCc1nccc2ccccc12)NCC(C(C)C)N1CCOCC1. The summed E-state index contributed by atoms with van der Waals surface area (Å²) >= 11 is 0. The second-order valence-electron chi connectivity index (χ2n) is 7.25.